The molecule has 4 rings (SSSR count). The standard InChI is InChI=1S/C19H22FN3OS/c20-15-3-1-14(2-4-15)11-17-22-12-16(25-17)18(24)23-9-6-19(7-10-23)5-8-21-13-19/h1-4,12,21H,5-11,13H2. The van der Waals surface area contributed by atoms with Crippen molar-refractivity contribution in [2.45, 2.75) is 25.7 Å². The van der Waals surface area contributed by atoms with Crippen molar-refractivity contribution < 1.29 is 9.18 Å². The summed E-state index contributed by atoms with van der Waals surface area (Å²) in [6, 6.07) is 6.43. The number of hydrogen-bond donors (Lipinski definition) is 1. The van der Waals surface area contributed by atoms with Crippen molar-refractivity contribution in [2.75, 3.05) is 26.2 Å². The fraction of sp³-hybridized carbons (Fsp3) is 0.474. The Bertz CT molecular complexity index is 742. The predicted octanol–water partition coefficient (Wildman–Crippen LogP) is 3.09. The number of likely N-dealkylation sites (tertiary alicyclic amines) is 1. The van der Waals surface area contributed by atoms with Gasteiger partial charge in [-0.25, -0.2) is 9.37 Å². The number of nitrogens with zero attached hydrogens (tertiary/aromatic N) is 2. The molecule has 2 saturated heterocycles. The van der Waals surface area contributed by atoms with Crippen LogP contribution in [0.15, 0.2) is 30.5 Å². The van der Waals surface area contributed by atoms with Gasteiger partial charge in [-0.2, -0.15) is 0 Å². The average molecular weight is 359 g/mol. The highest BCUT2D eigenvalue weighted by Crippen LogP contribution is 2.37. The number of amides is 1. The molecule has 0 saturated carbocycles. The second-order valence-electron chi connectivity index (χ2n) is 7.14. The molecule has 3 heterocycles. The summed E-state index contributed by atoms with van der Waals surface area (Å²) < 4.78 is 13.0. The monoisotopic (exact) mass is 359 g/mol. The van der Waals surface area contributed by atoms with E-state index in [4.69, 9.17) is 0 Å². The molecule has 1 spiro atoms. The molecule has 2 fully saturated rings. The van der Waals surface area contributed by atoms with E-state index in [0.29, 0.717) is 16.7 Å². The van der Waals surface area contributed by atoms with E-state index >= 15 is 0 Å². The van der Waals surface area contributed by atoms with Gasteiger partial charge in [0, 0.05) is 26.1 Å². The number of rotatable bonds is 3. The molecule has 4 nitrogen and oxygen atoms in total. The number of carbonyl (C=O) groups is 1. The van der Waals surface area contributed by atoms with Gasteiger partial charge in [-0.3, -0.25) is 4.79 Å². The number of thiazole rings is 1. The fourth-order valence-electron chi connectivity index (χ4n) is 3.83. The Morgan fingerprint density at radius 1 is 1.24 bits per heavy atom. The van der Waals surface area contributed by atoms with Crippen LogP contribution in [0.4, 0.5) is 4.39 Å². The SMILES string of the molecule is O=C(c1cnc(Cc2ccc(F)cc2)s1)N1CCC2(CCNC2)CC1. The highest BCUT2D eigenvalue weighted by molar-refractivity contribution is 7.13. The van der Waals surface area contributed by atoms with Crippen LogP contribution >= 0.6 is 11.3 Å². The summed E-state index contributed by atoms with van der Waals surface area (Å²) in [5.41, 5.74) is 1.42. The van der Waals surface area contributed by atoms with E-state index in [2.05, 4.69) is 10.3 Å². The number of benzene rings is 1. The first-order valence-electron chi connectivity index (χ1n) is 8.83. The molecule has 6 heteroatoms. The Labute approximate surface area is 151 Å². The second-order valence-corrected chi connectivity index (χ2v) is 8.26. The van der Waals surface area contributed by atoms with Crippen molar-refractivity contribution in [3.05, 3.63) is 51.7 Å². The molecule has 2 aromatic rings. The van der Waals surface area contributed by atoms with Crippen LogP contribution in [0.1, 0.15) is 39.5 Å². The van der Waals surface area contributed by atoms with E-state index in [1.54, 1.807) is 18.3 Å². The molecule has 1 aromatic carbocycles. The lowest BCUT2D eigenvalue weighted by Crippen LogP contribution is -2.43. The number of piperidine rings is 1. The summed E-state index contributed by atoms with van der Waals surface area (Å²) in [6.07, 6.45) is 5.73. The van der Waals surface area contributed by atoms with E-state index in [-0.39, 0.29) is 11.7 Å². The van der Waals surface area contributed by atoms with Crippen LogP contribution in [-0.2, 0) is 6.42 Å². The molecule has 1 N–H and O–H groups in total. The van der Waals surface area contributed by atoms with Crippen LogP contribution in [0.25, 0.3) is 0 Å². The summed E-state index contributed by atoms with van der Waals surface area (Å²) in [5, 5.41) is 4.35. The first kappa shape index (κ1) is 16.7. The molecular weight excluding hydrogens is 337 g/mol. The van der Waals surface area contributed by atoms with Gasteiger partial charge in [-0.05, 0) is 48.9 Å². The Hall–Kier alpha value is -1.79. The summed E-state index contributed by atoms with van der Waals surface area (Å²) >= 11 is 1.45. The van der Waals surface area contributed by atoms with Crippen LogP contribution in [0.3, 0.4) is 0 Å². The third-order valence-corrected chi connectivity index (χ3v) is 6.46. The highest BCUT2D eigenvalue weighted by atomic mass is 32.1. The summed E-state index contributed by atoms with van der Waals surface area (Å²) in [4.78, 5) is 19.8. The molecule has 0 aliphatic carbocycles. The zero-order valence-electron chi connectivity index (χ0n) is 14.1. The number of halogens is 1. The first-order chi connectivity index (χ1) is 12.1. The van der Waals surface area contributed by atoms with Gasteiger partial charge >= 0.3 is 0 Å². The lowest BCUT2D eigenvalue weighted by Gasteiger charge is -2.38. The molecule has 25 heavy (non-hydrogen) atoms. The average Bonchev–Trinajstić information content (AvgIpc) is 3.27. The fourth-order valence-corrected chi connectivity index (χ4v) is 4.75. The third-order valence-electron chi connectivity index (χ3n) is 5.48. The molecule has 2 aliphatic heterocycles. The molecule has 0 bridgehead atoms. The normalized spacial score (nSPS) is 19.5. The quantitative estimate of drug-likeness (QED) is 0.916. The van der Waals surface area contributed by atoms with Crippen molar-refractivity contribution in [3.63, 3.8) is 0 Å². The summed E-state index contributed by atoms with van der Waals surface area (Å²) in [6.45, 7) is 3.88. The highest BCUT2D eigenvalue weighted by Gasteiger charge is 2.38. The van der Waals surface area contributed by atoms with Gasteiger partial charge in [0.05, 0.1) is 11.2 Å². The van der Waals surface area contributed by atoms with Gasteiger partial charge in [0.15, 0.2) is 0 Å². The van der Waals surface area contributed by atoms with Crippen LogP contribution in [-0.4, -0.2) is 42.0 Å². The maximum atomic E-state index is 13.0. The van der Waals surface area contributed by atoms with E-state index < -0.39 is 0 Å². The van der Waals surface area contributed by atoms with Gasteiger partial charge in [0.1, 0.15) is 10.7 Å². The molecule has 1 amide bonds. The van der Waals surface area contributed by atoms with Crippen molar-refractivity contribution in [1.29, 1.82) is 0 Å². The summed E-state index contributed by atoms with van der Waals surface area (Å²) in [5.74, 6) is -0.136. The molecule has 2 aliphatic rings. The molecule has 0 radical (unpaired) electrons. The third kappa shape index (κ3) is 3.60. The minimum atomic E-state index is -0.237. The maximum Gasteiger partial charge on any atom is 0.265 e. The first-order valence-corrected chi connectivity index (χ1v) is 9.64. The largest absolute Gasteiger partial charge is 0.338 e. The number of hydrogen-bond acceptors (Lipinski definition) is 4. The maximum absolute atomic E-state index is 13.0. The van der Waals surface area contributed by atoms with E-state index in [9.17, 15) is 9.18 Å². The Balaban J connectivity index is 1.38. The van der Waals surface area contributed by atoms with Crippen molar-refractivity contribution in [2.24, 2.45) is 5.41 Å². The zero-order chi connectivity index (χ0) is 17.3. The zero-order valence-corrected chi connectivity index (χ0v) is 14.9. The lowest BCUT2D eigenvalue weighted by atomic mass is 9.78. The van der Waals surface area contributed by atoms with Gasteiger partial charge in [0.25, 0.3) is 5.91 Å². The predicted molar refractivity (Wildman–Crippen MR) is 96.4 cm³/mol. The van der Waals surface area contributed by atoms with Gasteiger partial charge in [0.2, 0.25) is 0 Å². The minimum Gasteiger partial charge on any atom is -0.338 e. The van der Waals surface area contributed by atoms with Crippen molar-refractivity contribution in [3.8, 4) is 0 Å². The van der Waals surface area contributed by atoms with Crippen LogP contribution in [0.5, 0.6) is 0 Å². The smallest absolute Gasteiger partial charge is 0.265 e. The van der Waals surface area contributed by atoms with Crippen LogP contribution in [0.2, 0.25) is 0 Å². The molecule has 0 unspecified atom stereocenters. The van der Waals surface area contributed by atoms with Crippen LogP contribution < -0.4 is 5.32 Å². The van der Waals surface area contributed by atoms with E-state index in [1.165, 1.54) is 29.9 Å². The Morgan fingerprint density at radius 3 is 2.68 bits per heavy atom. The summed E-state index contributed by atoms with van der Waals surface area (Å²) in [7, 11) is 0. The van der Waals surface area contributed by atoms with Crippen molar-refractivity contribution in [1.82, 2.24) is 15.2 Å². The molecular formula is C19H22FN3OS. The van der Waals surface area contributed by atoms with Crippen molar-refractivity contribution >= 4 is 17.2 Å². The molecule has 132 valence electrons. The minimum absolute atomic E-state index is 0.101. The lowest BCUT2D eigenvalue weighted by molar-refractivity contribution is 0.0612. The Morgan fingerprint density at radius 2 is 2.00 bits per heavy atom. The van der Waals surface area contributed by atoms with E-state index in [1.807, 2.05) is 4.90 Å². The topological polar surface area (TPSA) is 45.2 Å². The van der Waals surface area contributed by atoms with Gasteiger partial charge in [-0.15, -0.1) is 11.3 Å². The second kappa shape index (κ2) is 6.84. The van der Waals surface area contributed by atoms with E-state index in [0.717, 1.165) is 49.6 Å². The number of carbonyl (C=O) groups excluding carboxylic acids is 1. The Kier molecular flexibility index (Phi) is 4.56. The van der Waals surface area contributed by atoms with Gasteiger partial charge < -0.3 is 10.2 Å². The number of aromatic nitrogens is 1. The van der Waals surface area contributed by atoms with Gasteiger partial charge in [-0.1, -0.05) is 12.1 Å². The number of nitrogens with one attached hydrogen (secondary N) is 1. The van der Waals surface area contributed by atoms with Crippen LogP contribution in [0, 0.1) is 11.2 Å². The molecule has 1 aromatic heterocycles. The molecule has 0 atom stereocenters.